The van der Waals surface area contributed by atoms with E-state index in [1.54, 1.807) is 7.11 Å². The topological polar surface area (TPSA) is 9.23 Å². The highest BCUT2D eigenvalue weighted by molar-refractivity contribution is 5.43. The molecular weight excluding hydrogens is 208 g/mol. The van der Waals surface area contributed by atoms with Gasteiger partial charge in [0.2, 0.25) is 0 Å². The summed E-state index contributed by atoms with van der Waals surface area (Å²) < 4.78 is 5.44. The molecule has 0 aliphatic heterocycles. The van der Waals surface area contributed by atoms with Crippen molar-refractivity contribution in [3.05, 3.63) is 65.2 Å². The Hall–Kier alpha value is -1.76. The molecule has 0 radical (unpaired) electrons. The molecule has 1 atom stereocenters. The summed E-state index contributed by atoms with van der Waals surface area (Å²) in [6.07, 6.45) is 0. The van der Waals surface area contributed by atoms with Crippen molar-refractivity contribution in [2.45, 2.75) is 19.8 Å². The van der Waals surface area contributed by atoms with Crippen LogP contribution in [0.2, 0.25) is 0 Å². The minimum atomic E-state index is 0.353. The van der Waals surface area contributed by atoms with Gasteiger partial charge in [-0.2, -0.15) is 0 Å². The second kappa shape index (κ2) is 5.05. The van der Waals surface area contributed by atoms with E-state index in [2.05, 4.69) is 50.2 Å². The fourth-order valence-corrected chi connectivity index (χ4v) is 2.11. The van der Waals surface area contributed by atoms with Gasteiger partial charge in [0.15, 0.2) is 0 Å². The van der Waals surface area contributed by atoms with Gasteiger partial charge in [0.1, 0.15) is 5.75 Å². The van der Waals surface area contributed by atoms with E-state index < -0.39 is 0 Å². The van der Waals surface area contributed by atoms with Gasteiger partial charge in [-0.05, 0) is 18.6 Å². The van der Waals surface area contributed by atoms with Gasteiger partial charge in [0, 0.05) is 11.5 Å². The lowest BCUT2D eigenvalue weighted by atomic mass is 9.91. The predicted molar refractivity (Wildman–Crippen MR) is 71.7 cm³/mol. The van der Waals surface area contributed by atoms with Crippen LogP contribution < -0.4 is 4.74 Å². The molecule has 1 heteroatoms. The average Bonchev–Trinajstić information content (AvgIpc) is 2.39. The van der Waals surface area contributed by atoms with Crippen molar-refractivity contribution in [3.8, 4) is 5.75 Å². The summed E-state index contributed by atoms with van der Waals surface area (Å²) in [5, 5.41) is 0. The maximum absolute atomic E-state index is 5.44. The van der Waals surface area contributed by atoms with Crippen LogP contribution in [0.3, 0.4) is 0 Å². The van der Waals surface area contributed by atoms with Crippen molar-refractivity contribution in [2.75, 3.05) is 7.11 Å². The number of methoxy groups -OCH3 is 1. The van der Waals surface area contributed by atoms with Gasteiger partial charge in [-0.3, -0.25) is 0 Å². The first kappa shape index (κ1) is 11.7. The molecule has 0 bridgehead atoms. The average molecular weight is 226 g/mol. The molecule has 0 aromatic heterocycles. The molecule has 0 spiro atoms. The van der Waals surface area contributed by atoms with E-state index in [9.17, 15) is 0 Å². The number of rotatable bonds is 3. The summed E-state index contributed by atoms with van der Waals surface area (Å²) in [6, 6.07) is 16.9. The highest BCUT2D eigenvalue weighted by Crippen LogP contribution is 2.32. The summed E-state index contributed by atoms with van der Waals surface area (Å²) in [5.74, 6) is 1.32. The van der Waals surface area contributed by atoms with Crippen molar-refractivity contribution in [1.29, 1.82) is 0 Å². The number of aryl methyl sites for hydroxylation is 1. The van der Waals surface area contributed by atoms with E-state index in [1.165, 1.54) is 16.7 Å². The number of benzene rings is 2. The van der Waals surface area contributed by atoms with E-state index in [0.29, 0.717) is 5.92 Å². The Labute approximate surface area is 103 Å². The second-order valence-electron chi connectivity index (χ2n) is 4.38. The van der Waals surface area contributed by atoms with Crippen molar-refractivity contribution >= 4 is 0 Å². The van der Waals surface area contributed by atoms with Crippen molar-refractivity contribution in [3.63, 3.8) is 0 Å². The van der Waals surface area contributed by atoms with Gasteiger partial charge in [0.05, 0.1) is 7.11 Å². The van der Waals surface area contributed by atoms with Gasteiger partial charge < -0.3 is 4.74 Å². The van der Waals surface area contributed by atoms with Gasteiger partial charge in [-0.25, -0.2) is 0 Å². The predicted octanol–water partition coefficient (Wildman–Crippen LogP) is 4.16. The molecule has 0 aliphatic rings. The summed E-state index contributed by atoms with van der Waals surface area (Å²) >= 11 is 0. The molecule has 0 saturated carbocycles. The number of hydrogen-bond donors (Lipinski definition) is 0. The van der Waals surface area contributed by atoms with Gasteiger partial charge in [-0.15, -0.1) is 0 Å². The van der Waals surface area contributed by atoms with Crippen LogP contribution in [0, 0.1) is 6.92 Å². The van der Waals surface area contributed by atoms with E-state index in [4.69, 9.17) is 4.74 Å². The van der Waals surface area contributed by atoms with Crippen LogP contribution in [0.25, 0.3) is 0 Å². The smallest absolute Gasteiger partial charge is 0.122 e. The van der Waals surface area contributed by atoms with Crippen molar-refractivity contribution in [2.24, 2.45) is 0 Å². The third kappa shape index (κ3) is 2.50. The Balaban J connectivity index is 2.43. The third-order valence-electron chi connectivity index (χ3n) is 3.15. The zero-order chi connectivity index (χ0) is 12.3. The lowest BCUT2D eigenvalue weighted by Crippen LogP contribution is -1.99. The van der Waals surface area contributed by atoms with Crippen LogP contribution in [0.4, 0.5) is 0 Å². The second-order valence-corrected chi connectivity index (χ2v) is 4.38. The summed E-state index contributed by atoms with van der Waals surface area (Å²) in [4.78, 5) is 0. The summed E-state index contributed by atoms with van der Waals surface area (Å²) in [5.41, 5.74) is 3.83. The standard InChI is InChI=1S/C16H18O/c1-12-9-10-16(17-3)15(11-12)13(2)14-7-5-4-6-8-14/h4-11,13H,1-3H3. The van der Waals surface area contributed by atoms with Crippen LogP contribution in [0.1, 0.15) is 29.5 Å². The van der Waals surface area contributed by atoms with E-state index in [-0.39, 0.29) is 0 Å². The molecule has 2 aromatic carbocycles. The van der Waals surface area contributed by atoms with Crippen LogP contribution in [-0.4, -0.2) is 7.11 Å². The first-order valence-corrected chi connectivity index (χ1v) is 5.92. The fraction of sp³-hybridized carbons (Fsp3) is 0.250. The molecule has 2 rings (SSSR count). The first-order valence-electron chi connectivity index (χ1n) is 5.92. The lowest BCUT2D eigenvalue weighted by Gasteiger charge is -2.16. The highest BCUT2D eigenvalue weighted by atomic mass is 16.5. The molecule has 0 fully saturated rings. The minimum absolute atomic E-state index is 0.353. The monoisotopic (exact) mass is 226 g/mol. The Morgan fingerprint density at radius 1 is 1.00 bits per heavy atom. The zero-order valence-electron chi connectivity index (χ0n) is 10.6. The first-order chi connectivity index (χ1) is 8.22. The van der Waals surface area contributed by atoms with Crippen LogP contribution >= 0.6 is 0 Å². The molecule has 0 aliphatic carbocycles. The van der Waals surface area contributed by atoms with Crippen LogP contribution in [0.15, 0.2) is 48.5 Å². The normalized spacial score (nSPS) is 12.2. The van der Waals surface area contributed by atoms with E-state index in [0.717, 1.165) is 5.75 Å². The Kier molecular flexibility index (Phi) is 3.48. The molecule has 0 N–H and O–H groups in total. The van der Waals surface area contributed by atoms with E-state index >= 15 is 0 Å². The quantitative estimate of drug-likeness (QED) is 0.763. The van der Waals surface area contributed by atoms with Crippen LogP contribution in [-0.2, 0) is 0 Å². The van der Waals surface area contributed by atoms with Gasteiger partial charge in [-0.1, -0.05) is 55.0 Å². The minimum Gasteiger partial charge on any atom is -0.496 e. The fourth-order valence-electron chi connectivity index (χ4n) is 2.11. The molecule has 2 aromatic rings. The SMILES string of the molecule is COc1ccc(C)cc1C(C)c1ccccc1. The number of hydrogen-bond acceptors (Lipinski definition) is 1. The maximum Gasteiger partial charge on any atom is 0.122 e. The Bertz CT molecular complexity index is 488. The van der Waals surface area contributed by atoms with Gasteiger partial charge in [0.25, 0.3) is 0 Å². The molecular formula is C16H18O. The third-order valence-corrected chi connectivity index (χ3v) is 3.15. The number of ether oxygens (including phenoxy) is 1. The summed E-state index contributed by atoms with van der Waals surface area (Å²) in [7, 11) is 1.73. The largest absolute Gasteiger partial charge is 0.496 e. The van der Waals surface area contributed by atoms with Crippen molar-refractivity contribution < 1.29 is 4.74 Å². The highest BCUT2D eigenvalue weighted by Gasteiger charge is 2.13. The molecule has 0 heterocycles. The maximum atomic E-state index is 5.44. The summed E-state index contributed by atoms with van der Waals surface area (Å²) in [6.45, 7) is 4.33. The van der Waals surface area contributed by atoms with Gasteiger partial charge >= 0.3 is 0 Å². The lowest BCUT2D eigenvalue weighted by molar-refractivity contribution is 0.408. The molecule has 88 valence electrons. The molecule has 0 saturated heterocycles. The van der Waals surface area contributed by atoms with Crippen molar-refractivity contribution in [1.82, 2.24) is 0 Å². The molecule has 1 unspecified atom stereocenters. The Morgan fingerprint density at radius 3 is 2.35 bits per heavy atom. The Morgan fingerprint density at radius 2 is 1.71 bits per heavy atom. The van der Waals surface area contributed by atoms with Crippen LogP contribution in [0.5, 0.6) is 5.75 Å². The van der Waals surface area contributed by atoms with E-state index in [1.807, 2.05) is 12.1 Å². The molecule has 17 heavy (non-hydrogen) atoms. The zero-order valence-corrected chi connectivity index (χ0v) is 10.6. The molecule has 1 nitrogen and oxygen atoms in total. The molecule has 0 amide bonds.